The topological polar surface area (TPSA) is 26.3 Å². The number of benzene rings is 6. The van der Waals surface area contributed by atoms with Gasteiger partial charge in [0.15, 0.2) is 0 Å². The largest absolute Gasteiger partial charge is 0.463 e. The molecule has 0 heterocycles. The van der Waals surface area contributed by atoms with Gasteiger partial charge in [-0.25, -0.2) is 4.79 Å². The SMILES string of the molecule is C=CC(=O)OCCCCCc1ccc2c(c1)C(CC)(CC)c1cc(-c3ccc4c(c3)C(CC)(CC)c3cc(-c5ccc6c(c5)C(CC)(CC)c5ccccc5-6)ccc3-4)ccc1-2. The third-order valence-corrected chi connectivity index (χ3v) is 15.9. The number of unbranched alkanes of at least 4 members (excludes halogenated alkanes) is 2. The number of carbonyl (C=O) groups excluding carboxylic acids is 1. The molecule has 9 rings (SSSR count). The molecular weight excluding hydrogens is 741 g/mol. The average Bonchev–Trinajstić information content (AvgIpc) is 3.87. The normalized spacial score (nSPS) is 15.3. The van der Waals surface area contributed by atoms with E-state index in [0.29, 0.717) is 6.61 Å². The van der Waals surface area contributed by atoms with Crippen molar-refractivity contribution in [3.8, 4) is 55.6 Å². The molecule has 6 aromatic carbocycles. The van der Waals surface area contributed by atoms with Crippen molar-refractivity contribution in [3.05, 3.63) is 167 Å². The molecule has 0 aliphatic heterocycles. The molecule has 310 valence electrons. The first-order chi connectivity index (χ1) is 29.8. The Hall–Kier alpha value is -5.47. The van der Waals surface area contributed by atoms with Crippen LogP contribution in [-0.2, 0) is 32.2 Å². The smallest absolute Gasteiger partial charge is 0.330 e. The first-order valence-corrected chi connectivity index (χ1v) is 23.4. The number of hydrogen-bond acceptors (Lipinski definition) is 2. The molecule has 0 unspecified atom stereocenters. The maximum atomic E-state index is 11.4. The number of esters is 1. The van der Waals surface area contributed by atoms with Gasteiger partial charge in [-0.1, -0.05) is 139 Å². The van der Waals surface area contributed by atoms with Crippen LogP contribution < -0.4 is 0 Å². The summed E-state index contributed by atoms with van der Waals surface area (Å²) in [6.45, 7) is 18.2. The molecule has 0 saturated heterocycles. The zero-order valence-corrected chi connectivity index (χ0v) is 37.3. The van der Waals surface area contributed by atoms with Gasteiger partial charge in [0.2, 0.25) is 0 Å². The Bertz CT molecular complexity index is 2660. The Morgan fingerprint density at radius 3 is 1.26 bits per heavy atom. The predicted molar refractivity (Wildman–Crippen MR) is 256 cm³/mol. The van der Waals surface area contributed by atoms with E-state index < -0.39 is 0 Å². The molecule has 2 nitrogen and oxygen atoms in total. The number of aryl methyl sites for hydroxylation is 1. The number of carbonyl (C=O) groups is 1. The standard InChI is InChI=1S/C59H62O2/c1-8-56(60)61-33-19-15-16-20-39-23-28-45-47-30-25-41(36-53(47)58(11-4,12-5)51(45)34-39)43-27-32-49-48-31-26-42(37-54(48)59(13-6,14-7)55(49)38-43)40-24-29-46-44-21-17-18-22-50(44)57(9-2,10-3)52(46)35-40/h8,17-18,21-32,34-38H,1,9-16,19-20,33H2,2-7H3. The lowest BCUT2D eigenvalue weighted by Gasteiger charge is -2.31. The summed E-state index contributed by atoms with van der Waals surface area (Å²) in [5.41, 5.74) is 24.0. The lowest BCUT2D eigenvalue weighted by molar-refractivity contribution is -0.137. The lowest BCUT2D eigenvalue weighted by atomic mass is 9.72. The van der Waals surface area contributed by atoms with Gasteiger partial charge in [-0.3, -0.25) is 0 Å². The highest BCUT2D eigenvalue weighted by Gasteiger charge is 2.44. The van der Waals surface area contributed by atoms with Gasteiger partial charge >= 0.3 is 5.97 Å². The number of ether oxygens (including phenoxy) is 1. The minimum absolute atomic E-state index is 0.0101. The van der Waals surface area contributed by atoms with E-state index in [-0.39, 0.29) is 22.2 Å². The van der Waals surface area contributed by atoms with Crippen LogP contribution in [0.25, 0.3) is 55.6 Å². The molecule has 0 aromatic heterocycles. The van der Waals surface area contributed by atoms with E-state index in [0.717, 1.165) is 64.2 Å². The Morgan fingerprint density at radius 1 is 0.459 bits per heavy atom. The summed E-state index contributed by atoms with van der Waals surface area (Å²) in [4.78, 5) is 11.4. The summed E-state index contributed by atoms with van der Waals surface area (Å²) in [7, 11) is 0. The van der Waals surface area contributed by atoms with E-state index in [2.05, 4.69) is 163 Å². The van der Waals surface area contributed by atoms with Crippen LogP contribution in [-0.4, -0.2) is 12.6 Å². The van der Waals surface area contributed by atoms with E-state index in [1.807, 2.05) is 0 Å². The minimum atomic E-state index is -0.337. The van der Waals surface area contributed by atoms with Gasteiger partial charge in [0, 0.05) is 22.3 Å². The van der Waals surface area contributed by atoms with Gasteiger partial charge in [-0.05, 0) is 183 Å². The summed E-state index contributed by atoms with van der Waals surface area (Å²) in [5.74, 6) is -0.337. The number of hydrogen-bond donors (Lipinski definition) is 0. The van der Waals surface area contributed by atoms with E-state index in [4.69, 9.17) is 4.74 Å². The fraction of sp³-hybridized carbons (Fsp3) is 0.339. The molecule has 0 fully saturated rings. The zero-order chi connectivity index (χ0) is 42.5. The lowest BCUT2D eigenvalue weighted by Crippen LogP contribution is -2.23. The Kier molecular flexibility index (Phi) is 10.8. The van der Waals surface area contributed by atoms with Crippen LogP contribution in [0.1, 0.15) is 138 Å². The van der Waals surface area contributed by atoms with Crippen molar-refractivity contribution in [1.29, 1.82) is 0 Å². The van der Waals surface area contributed by atoms with Gasteiger partial charge in [-0.2, -0.15) is 0 Å². The summed E-state index contributed by atoms with van der Waals surface area (Å²) in [6, 6.07) is 45.6. The van der Waals surface area contributed by atoms with Gasteiger partial charge < -0.3 is 4.74 Å². The second kappa shape index (κ2) is 16.1. The predicted octanol–water partition coefficient (Wildman–Crippen LogP) is 15.7. The van der Waals surface area contributed by atoms with Gasteiger partial charge in [0.25, 0.3) is 0 Å². The van der Waals surface area contributed by atoms with Crippen molar-refractivity contribution in [2.75, 3.05) is 6.61 Å². The monoisotopic (exact) mass is 802 g/mol. The van der Waals surface area contributed by atoms with Crippen LogP contribution in [0, 0.1) is 0 Å². The van der Waals surface area contributed by atoms with Crippen molar-refractivity contribution in [1.82, 2.24) is 0 Å². The molecule has 2 heteroatoms. The van der Waals surface area contributed by atoms with Crippen molar-refractivity contribution in [3.63, 3.8) is 0 Å². The van der Waals surface area contributed by atoms with Gasteiger partial charge in [0.1, 0.15) is 0 Å². The summed E-state index contributed by atoms with van der Waals surface area (Å²) < 4.78 is 5.19. The van der Waals surface area contributed by atoms with Crippen LogP contribution in [0.15, 0.2) is 128 Å². The highest BCUT2D eigenvalue weighted by atomic mass is 16.5. The highest BCUT2D eigenvalue weighted by Crippen LogP contribution is 2.57. The van der Waals surface area contributed by atoms with Crippen LogP contribution in [0.3, 0.4) is 0 Å². The Balaban J connectivity index is 1.03. The summed E-state index contributed by atoms with van der Waals surface area (Å²) in [5, 5.41) is 0. The molecule has 3 aliphatic carbocycles. The van der Waals surface area contributed by atoms with Crippen molar-refractivity contribution in [2.45, 2.75) is 122 Å². The Morgan fingerprint density at radius 2 is 0.836 bits per heavy atom. The van der Waals surface area contributed by atoms with Gasteiger partial charge in [-0.15, -0.1) is 0 Å². The van der Waals surface area contributed by atoms with Crippen molar-refractivity contribution < 1.29 is 9.53 Å². The highest BCUT2D eigenvalue weighted by molar-refractivity contribution is 5.89. The first-order valence-electron chi connectivity index (χ1n) is 23.4. The van der Waals surface area contributed by atoms with Gasteiger partial charge in [0.05, 0.1) is 6.61 Å². The van der Waals surface area contributed by atoms with Crippen LogP contribution >= 0.6 is 0 Å². The van der Waals surface area contributed by atoms with Crippen LogP contribution in [0.2, 0.25) is 0 Å². The minimum Gasteiger partial charge on any atom is -0.463 e. The second-order valence-corrected chi connectivity index (χ2v) is 18.0. The molecule has 6 aromatic rings. The molecule has 0 amide bonds. The third-order valence-electron chi connectivity index (χ3n) is 15.9. The molecule has 61 heavy (non-hydrogen) atoms. The van der Waals surface area contributed by atoms with Crippen LogP contribution in [0.5, 0.6) is 0 Å². The fourth-order valence-electron chi connectivity index (χ4n) is 12.2. The second-order valence-electron chi connectivity index (χ2n) is 18.0. The van der Waals surface area contributed by atoms with E-state index in [9.17, 15) is 4.79 Å². The quantitative estimate of drug-likeness (QED) is 0.0587. The number of rotatable bonds is 15. The summed E-state index contributed by atoms with van der Waals surface area (Å²) >= 11 is 0. The van der Waals surface area contributed by atoms with E-state index in [1.165, 1.54) is 101 Å². The molecule has 0 radical (unpaired) electrons. The molecule has 0 spiro atoms. The Labute approximate surface area is 365 Å². The maximum absolute atomic E-state index is 11.4. The molecular formula is C59H62O2. The molecule has 3 aliphatic rings. The maximum Gasteiger partial charge on any atom is 0.330 e. The number of fused-ring (bicyclic) bond motifs is 9. The molecule has 0 saturated carbocycles. The first kappa shape index (κ1) is 40.9. The molecule has 0 bridgehead atoms. The third kappa shape index (κ3) is 6.22. The van der Waals surface area contributed by atoms with E-state index >= 15 is 0 Å². The fourth-order valence-corrected chi connectivity index (χ4v) is 12.2. The molecule has 0 atom stereocenters. The molecule has 0 N–H and O–H groups in total. The van der Waals surface area contributed by atoms with Crippen molar-refractivity contribution >= 4 is 5.97 Å². The van der Waals surface area contributed by atoms with Crippen LogP contribution in [0.4, 0.5) is 0 Å². The van der Waals surface area contributed by atoms with Crippen molar-refractivity contribution in [2.24, 2.45) is 0 Å². The zero-order valence-electron chi connectivity index (χ0n) is 37.3. The summed E-state index contributed by atoms with van der Waals surface area (Å²) in [6.07, 6.45) is 11.7. The van der Waals surface area contributed by atoms with E-state index in [1.54, 1.807) is 0 Å². The average molecular weight is 803 g/mol.